The molecule has 2 fully saturated rings. The molecule has 0 saturated heterocycles. The van der Waals surface area contributed by atoms with E-state index in [1.807, 2.05) is 0 Å². The molecule has 0 amide bonds. The van der Waals surface area contributed by atoms with Crippen LogP contribution in [0.15, 0.2) is 11.6 Å². The lowest BCUT2D eigenvalue weighted by Gasteiger charge is -2.29. The average molecular weight is 210 g/mol. The predicted octanol–water partition coefficient (Wildman–Crippen LogP) is 1.67. The molecule has 3 nitrogen and oxygen atoms in total. The van der Waals surface area contributed by atoms with E-state index < -0.39 is 5.97 Å². The molecule has 5 atom stereocenters. The van der Waals surface area contributed by atoms with E-state index in [4.69, 9.17) is 5.11 Å². The first kappa shape index (κ1) is 10.7. The van der Waals surface area contributed by atoms with Gasteiger partial charge in [-0.15, -0.1) is 0 Å². The zero-order valence-corrected chi connectivity index (χ0v) is 9.18. The van der Waals surface area contributed by atoms with E-state index in [0.717, 1.165) is 12.8 Å². The van der Waals surface area contributed by atoms with Crippen molar-refractivity contribution in [2.75, 3.05) is 0 Å². The lowest BCUT2D eigenvalue weighted by Crippen LogP contribution is -2.30. The Balaban J connectivity index is 2.17. The van der Waals surface area contributed by atoms with Crippen molar-refractivity contribution in [2.45, 2.75) is 32.8 Å². The van der Waals surface area contributed by atoms with Gasteiger partial charge in [-0.3, -0.25) is 0 Å². The summed E-state index contributed by atoms with van der Waals surface area (Å²) < 4.78 is 0. The van der Waals surface area contributed by atoms with Gasteiger partial charge in [0.05, 0.1) is 6.10 Å². The van der Waals surface area contributed by atoms with E-state index in [1.54, 1.807) is 13.0 Å². The topological polar surface area (TPSA) is 57.5 Å². The van der Waals surface area contributed by atoms with Crippen LogP contribution >= 0.6 is 0 Å². The highest BCUT2D eigenvalue weighted by Gasteiger charge is 2.49. The number of aliphatic hydroxyl groups excluding tert-OH is 1. The first-order valence-electron chi connectivity index (χ1n) is 5.60. The molecule has 5 unspecified atom stereocenters. The molecular formula is C12H18O3. The molecule has 3 heteroatoms. The van der Waals surface area contributed by atoms with E-state index in [-0.39, 0.29) is 12.0 Å². The average Bonchev–Trinajstić information content (AvgIpc) is 2.65. The predicted molar refractivity (Wildman–Crippen MR) is 56.3 cm³/mol. The maximum atomic E-state index is 10.7. The van der Waals surface area contributed by atoms with Crippen LogP contribution in [0, 0.1) is 23.7 Å². The Morgan fingerprint density at radius 2 is 2.07 bits per heavy atom. The summed E-state index contributed by atoms with van der Waals surface area (Å²) in [5.74, 6) is 0.695. The van der Waals surface area contributed by atoms with E-state index in [9.17, 15) is 9.90 Å². The number of hydrogen-bond donors (Lipinski definition) is 2. The molecule has 0 aromatic carbocycles. The highest BCUT2D eigenvalue weighted by atomic mass is 16.4. The van der Waals surface area contributed by atoms with Gasteiger partial charge in [-0.1, -0.05) is 13.0 Å². The van der Waals surface area contributed by atoms with Crippen LogP contribution in [0.2, 0.25) is 0 Å². The van der Waals surface area contributed by atoms with Crippen LogP contribution in [0.5, 0.6) is 0 Å². The Hall–Kier alpha value is -0.830. The Kier molecular flexibility index (Phi) is 2.59. The van der Waals surface area contributed by atoms with Crippen molar-refractivity contribution in [2.24, 2.45) is 23.7 Å². The molecule has 84 valence electrons. The molecule has 0 spiro atoms. The monoisotopic (exact) mass is 210 g/mol. The maximum Gasteiger partial charge on any atom is 0.330 e. The smallest absolute Gasteiger partial charge is 0.330 e. The van der Waals surface area contributed by atoms with Gasteiger partial charge >= 0.3 is 5.97 Å². The van der Waals surface area contributed by atoms with Gasteiger partial charge in [-0.2, -0.15) is 0 Å². The van der Waals surface area contributed by atoms with Crippen LogP contribution in [-0.2, 0) is 4.79 Å². The van der Waals surface area contributed by atoms with Crippen molar-refractivity contribution in [3.8, 4) is 0 Å². The second-order valence-corrected chi connectivity index (χ2v) is 5.10. The fourth-order valence-electron chi connectivity index (χ4n) is 3.30. The molecule has 2 bridgehead atoms. The van der Waals surface area contributed by atoms with Crippen LogP contribution in [0.3, 0.4) is 0 Å². The van der Waals surface area contributed by atoms with E-state index >= 15 is 0 Å². The number of carbonyl (C=O) groups is 1. The maximum absolute atomic E-state index is 10.7. The standard InChI is InChI=1S/C12H18O3/c1-6-3-8-5-9(6)10(11(8)13)4-7(2)12(14)15/h4,6,8-11,13H,3,5H2,1-2H3,(H,14,15). The van der Waals surface area contributed by atoms with Gasteiger partial charge in [0, 0.05) is 11.5 Å². The highest BCUT2D eigenvalue weighted by Crippen LogP contribution is 2.52. The molecule has 0 aliphatic heterocycles. The van der Waals surface area contributed by atoms with Crippen LogP contribution in [-0.4, -0.2) is 22.3 Å². The summed E-state index contributed by atoms with van der Waals surface area (Å²) >= 11 is 0. The van der Waals surface area contributed by atoms with Crippen LogP contribution < -0.4 is 0 Å². The quantitative estimate of drug-likeness (QED) is 0.682. The zero-order chi connectivity index (χ0) is 11.2. The first-order chi connectivity index (χ1) is 7.00. The van der Waals surface area contributed by atoms with Gasteiger partial charge < -0.3 is 10.2 Å². The number of hydrogen-bond acceptors (Lipinski definition) is 2. The van der Waals surface area contributed by atoms with Crippen LogP contribution in [0.25, 0.3) is 0 Å². The van der Waals surface area contributed by atoms with Crippen molar-refractivity contribution in [3.05, 3.63) is 11.6 Å². The SMILES string of the molecule is CC(=CC1C(O)C2CC(C)C1C2)C(=O)O. The third-order valence-corrected chi connectivity index (χ3v) is 4.13. The Labute approximate surface area is 89.8 Å². The normalized spacial score (nSPS) is 44.7. The molecule has 2 rings (SSSR count). The molecule has 2 aliphatic carbocycles. The number of aliphatic hydroxyl groups is 1. The number of aliphatic carboxylic acids is 1. The fourth-order valence-corrected chi connectivity index (χ4v) is 3.30. The second kappa shape index (κ2) is 3.63. The van der Waals surface area contributed by atoms with Gasteiger partial charge in [-0.05, 0) is 37.5 Å². The van der Waals surface area contributed by atoms with Crippen molar-refractivity contribution < 1.29 is 15.0 Å². The Bertz CT molecular complexity index is 308. The van der Waals surface area contributed by atoms with Crippen molar-refractivity contribution in [1.29, 1.82) is 0 Å². The number of carboxylic acids is 1. The molecule has 2 saturated carbocycles. The van der Waals surface area contributed by atoms with E-state index in [1.165, 1.54) is 0 Å². The molecule has 0 radical (unpaired) electrons. The summed E-state index contributed by atoms with van der Waals surface area (Å²) in [4.78, 5) is 10.7. The summed E-state index contributed by atoms with van der Waals surface area (Å²) in [7, 11) is 0. The first-order valence-corrected chi connectivity index (χ1v) is 5.60. The number of fused-ring (bicyclic) bond motifs is 2. The molecule has 0 heterocycles. The number of carboxylic acid groups (broad SMARTS) is 1. The van der Waals surface area contributed by atoms with Crippen molar-refractivity contribution in [1.82, 2.24) is 0 Å². The summed E-state index contributed by atoms with van der Waals surface area (Å²) in [5, 5.41) is 18.8. The third kappa shape index (κ3) is 1.69. The summed E-state index contributed by atoms with van der Waals surface area (Å²) in [6.07, 6.45) is 3.60. The molecule has 0 aromatic rings. The Morgan fingerprint density at radius 3 is 2.60 bits per heavy atom. The fraction of sp³-hybridized carbons (Fsp3) is 0.750. The minimum Gasteiger partial charge on any atom is -0.478 e. The van der Waals surface area contributed by atoms with Gasteiger partial charge in [0.15, 0.2) is 0 Å². The highest BCUT2D eigenvalue weighted by molar-refractivity contribution is 5.85. The second-order valence-electron chi connectivity index (χ2n) is 5.10. The molecule has 2 aliphatic rings. The summed E-state index contributed by atoms with van der Waals surface area (Å²) in [5.41, 5.74) is 0.360. The van der Waals surface area contributed by atoms with Gasteiger partial charge in [0.2, 0.25) is 0 Å². The van der Waals surface area contributed by atoms with E-state index in [0.29, 0.717) is 23.3 Å². The van der Waals surface area contributed by atoms with Gasteiger partial charge in [0.1, 0.15) is 0 Å². The minimum absolute atomic E-state index is 0.0647. The summed E-state index contributed by atoms with van der Waals surface area (Å²) in [6, 6.07) is 0. The van der Waals surface area contributed by atoms with Gasteiger partial charge in [0.25, 0.3) is 0 Å². The van der Waals surface area contributed by atoms with Crippen LogP contribution in [0.1, 0.15) is 26.7 Å². The zero-order valence-electron chi connectivity index (χ0n) is 9.18. The molecular weight excluding hydrogens is 192 g/mol. The van der Waals surface area contributed by atoms with E-state index in [2.05, 4.69) is 6.92 Å². The third-order valence-electron chi connectivity index (χ3n) is 4.13. The lowest BCUT2D eigenvalue weighted by atomic mass is 9.79. The Morgan fingerprint density at radius 1 is 1.40 bits per heavy atom. The number of rotatable bonds is 2. The molecule has 2 N–H and O–H groups in total. The largest absolute Gasteiger partial charge is 0.478 e. The van der Waals surface area contributed by atoms with Crippen LogP contribution in [0.4, 0.5) is 0 Å². The van der Waals surface area contributed by atoms with Crippen molar-refractivity contribution in [3.63, 3.8) is 0 Å². The summed E-state index contributed by atoms with van der Waals surface area (Å²) in [6.45, 7) is 3.80. The van der Waals surface area contributed by atoms with Crippen molar-refractivity contribution >= 4 is 5.97 Å². The molecule has 15 heavy (non-hydrogen) atoms. The molecule has 0 aromatic heterocycles. The lowest BCUT2D eigenvalue weighted by molar-refractivity contribution is -0.132. The van der Waals surface area contributed by atoms with Gasteiger partial charge in [-0.25, -0.2) is 4.79 Å². The minimum atomic E-state index is -0.877.